The summed E-state index contributed by atoms with van der Waals surface area (Å²) in [4.78, 5) is 0. The van der Waals surface area contributed by atoms with E-state index >= 15 is 0 Å². The summed E-state index contributed by atoms with van der Waals surface area (Å²) in [5, 5.41) is 0. The molecule has 0 bridgehead atoms. The maximum atomic E-state index is 0. The third-order valence-corrected chi connectivity index (χ3v) is 0. The minimum Gasteiger partial charge on any atom is 0 e. The molecule has 0 aliphatic rings. The second-order valence-electron chi connectivity index (χ2n) is 0. The van der Waals surface area contributed by atoms with E-state index in [1.54, 1.807) is 0 Å². The molecule has 9 radical (unpaired) electrons. The summed E-state index contributed by atoms with van der Waals surface area (Å²) in [6.07, 6.45) is 0. The molecule has 0 aromatic rings. The van der Waals surface area contributed by atoms with Gasteiger partial charge in [0.15, 0.2) is 0 Å². The van der Waals surface area contributed by atoms with Crippen LogP contribution in [-0.4, -0.2) is 77.5 Å². The van der Waals surface area contributed by atoms with Gasteiger partial charge in [-0.1, -0.05) is 0 Å². The molecular weight excluding hydrogens is 557 g/mol. The van der Waals surface area contributed by atoms with Crippen molar-refractivity contribution in [3.63, 3.8) is 0 Å². The van der Waals surface area contributed by atoms with Gasteiger partial charge >= 0.3 is 0 Å². The van der Waals surface area contributed by atoms with Crippen LogP contribution in [0.25, 0.3) is 0 Å². The van der Waals surface area contributed by atoms with Crippen molar-refractivity contribution < 1.29 is 40.8 Å². The minimum atomic E-state index is 0. The van der Waals surface area contributed by atoms with Gasteiger partial charge in [-0.3, -0.25) is 0 Å². The van der Waals surface area contributed by atoms with E-state index < -0.39 is 0 Å². The average Bonchev–Trinajstić information content (AvgIpc) is 0. The van der Waals surface area contributed by atoms with Crippen molar-refractivity contribution >= 4 is 77.5 Å². The second-order valence-corrected chi connectivity index (χ2v) is 0. The molecule has 0 unspecified atom stereocenters. The van der Waals surface area contributed by atoms with Crippen molar-refractivity contribution in [3.8, 4) is 0 Å². The number of hydrogen-bond donors (Lipinski definition) is 0. The maximum Gasteiger partial charge on any atom is 0 e. The fraction of sp³-hybridized carbons (Fsp3) is 0. The molecule has 5 heteroatoms. The smallest absolute Gasteiger partial charge is 0 e. The molecule has 0 aliphatic heterocycles. The third-order valence-electron chi connectivity index (χ3n) is 0. The Labute approximate surface area is 116 Å². The number of rotatable bonds is 0. The van der Waals surface area contributed by atoms with Crippen LogP contribution in [0.5, 0.6) is 0 Å². The van der Waals surface area contributed by atoms with E-state index in [-0.39, 0.29) is 118 Å². The van der Waals surface area contributed by atoms with Gasteiger partial charge in [0.2, 0.25) is 0 Å². The summed E-state index contributed by atoms with van der Waals surface area (Å²) in [5.41, 5.74) is 0. The largest absolute Gasteiger partial charge is 0 e. The van der Waals surface area contributed by atoms with Gasteiger partial charge in [-0.25, -0.2) is 0 Å². The van der Waals surface area contributed by atoms with Crippen molar-refractivity contribution in [1.82, 2.24) is 0 Å². The van der Waals surface area contributed by atoms with E-state index in [1.807, 2.05) is 0 Å². The molecule has 0 aliphatic carbocycles. The Bertz CT molecular complexity index is 4.85. The fourth-order valence-electron chi connectivity index (χ4n) is 0. The summed E-state index contributed by atoms with van der Waals surface area (Å²) in [6, 6.07) is 0. The summed E-state index contributed by atoms with van der Waals surface area (Å²) in [7, 11) is 0. The molecule has 0 spiro atoms. The zero-order chi connectivity index (χ0) is 0. The van der Waals surface area contributed by atoms with E-state index in [4.69, 9.17) is 0 Å². The van der Waals surface area contributed by atoms with Gasteiger partial charge in [0.1, 0.15) is 0 Å². The summed E-state index contributed by atoms with van der Waals surface area (Å²) < 4.78 is 0. The summed E-state index contributed by atoms with van der Waals surface area (Å²) in [6.45, 7) is 0. The van der Waals surface area contributed by atoms with Gasteiger partial charge in [0, 0.05) is 118 Å². The Hall–Kier alpha value is 3.94. The third kappa shape index (κ3) is 18.1. The van der Waals surface area contributed by atoms with Crippen LogP contribution in [0, 0.1) is 0 Å². The Morgan fingerprint density at radius 1 is 0.400 bits per heavy atom. The van der Waals surface area contributed by atoms with Crippen molar-refractivity contribution in [3.05, 3.63) is 0 Å². The topological polar surface area (TPSA) is 0 Å². The van der Waals surface area contributed by atoms with Crippen molar-refractivity contribution in [1.29, 1.82) is 0 Å². The Kier molecular flexibility index (Phi) is 179. The van der Waals surface area contributed by atoms with Gasteiger partial charge < -0.3 is 0 Å². The zero-order valence-electron chi connectivity index (χ0n) is 2.36. The standard InChI is InChI=1S/3In.2Pd. The zero-order valence-corrected chi connectivity index (χ0v) is 15.4. The van der Waals surface area contributed by atoms with Crippen LogP contribution in [-0.2, 0) is 40.8 Å². The van der Waals surface area contributed by atoms with Gasteiger partial charge in [-0.2, -0.15) is 0 Å². The van der Waals surface area contributed by atoms with Gasteiger partial charge in [-0.05, 0) is 0 Å². The first-order valence-corrected chi connectivity index (χ1v) is 0. The van der Waals surface area contributed by atoms with Crippen LogP contribution in [0.1, 0.15) is 0 Å². The molecule has 0 N–H and O–H groups in total. The summed E-state index contributed by atoms with van der Waals surface area (Å²) in [5.74, 6) is 0. The molecule has 0 heterocycles. The monoisotopic (exact) mass is 557 g/mol. The molecule has 0 atom stereocenters. The molecule has 0 saturated carbocycles. The molecule has 5 heavy (non-hydrogen) atoms. The molecule has 0 nitrogen and oxygen atoms in total. The molecule has 0 amide bonds. The van der Waals surface area contributed by atoms with Crippen LogP contribution in [0.3, 0.4) is 0 Å². The Balaban J connectivity index is 0. The van der Waals surface area contributed by atoms with Crippen LogP contribution in [0.4, 0.5) is 0 Å². The SMILES string of the molecule is [In].[In].[In].[Pd].[Pd]. The summed E-state index contributed by atoms with van der Waals surface area (Å²) >= 11 is 0. The minimum absolute atomic E-state index is 0. The normalized spacial score (nSPS) is 0. The molecule has 0 fully saturated rings. The molecule has 0 aromatic carbocycles. The molecule has 0 saturated heterocycles. The first-order chi connectivity index (χ1) is 0. The molecule has 29 valence electrons. The predicted molar refractivity (Wildman–Crippen MR) is 17.3 cm³/mol. The van der Waals surface area contributed by atoms with Crippen molar-refractivity contribution in [2.75, 3.05) is 0 Å². The fourth-order valence-corrected chi connectivity index (χ4v) is 0. The van der Waals surface area contributed by atoms with E-state index in [0.717, 1.165) is 0 Å². The predicted octanol–water partition coefficient (Wildman–Crippen LogP) is -1.15. The second kappa shape index (κ2) is 24.6. The molecular formula is In3Pd2. The van der Waals surface area contributed by atoms with Crippen molar-refractivity contribution in [2.24, 2.45) is 0 Å². The molecule has 0 rings (SSSR count). The van der Waals surface area contributed by atoms with E-state index in [9.17, 15) is 0 Å². The Morgan fingerprint density at radius 2 is 0.400 bits per heavy atom. The van der Waals surface area contributed by atoms with Crippen LogP contribution in [0.2, 0.25) is 0 Å². The van der Waals surface area contributed by atoms with Crippen LogP contribution in [0.15, 0.2) is 0 Å². The van der Waals surface area contributed by atoms with Crippen molar-refractivity contribution in [2.45, 2.75) is 0 Å². The van der Waals surface area contributed by atoms with Gasteiger partial charge in [0.05, 0.1) is 0 Å². The van der Waals surface area contributed by atoms with E-state index in [1.165, 1.54) is 0 Å². The number of hydrogen-bond acceptors (Lipinski definition) is 0. The van der Waals surface area contributed by atoms with Gasteiger partial charge in [-0.15, -0.1) is 0 Å². The quantitative estimate of drug-likeness (QED) is 0.331. The van der Waals surface area contributed by atoms with E-state index in [0.29, 0.717) is 0 Å². The molecule has 0 aromatic heterocycles. The maximum absolute atomic E-state index is 0. The van der Waals surface area contributed by atoms with Crippen LogP contribution < -0.4 is 0 Å². The Morgan fingerprint density at radius 3 is 0.400 bits per heavy atom. The average molecular weight is 557 g/mol. The van der Waals surface area contributed by atoms with E-state index in [2.05, 4.69) is 0 Å². The first kappa shape index (κ1) is 36.3. The van der Waals surface area contributed by atoms with Crippen LogP contribution >= 0.6 is 0 Å². The van der Waals surface area contributed by atoms with Gasteiger partial charge in [0.25, 0.3) is 0 Å². The first-order valence-electron chi connectivity index (χ1n) is 0.